The molecule has 2 aromatic carbocycles. The average molecular weight is 430 g/mol. The van der Waals surface area contributed by atoms with Gasteiger partial charge in [0.2, 0.25) is 0 Å². The smallest absolute Gasteiger partial charge is 0.123 e. The number of nitrogen functional groups attached to an aromatic ring is 1. The van der Waals surface area contributed by atoms with E-state index in [4.69, 9.17) is 5.73 Å². The predicted octanol–water partition coefficient (Wildman–Crippen LogP) is 3.12. The largest absolute Gasteiger partial charge is 0.399 e. The molecule has 7 nitrogen and oxygen atoms in total. The first-order chi connectivity index (χ1) is 15.8. The molecule has 2 aromatic heterocycles. The van der Waals surface area contributed by atoms with Crippen molar-refractivity contribution >= 4 is 16.6 Å². The summed E-state index contributed by atoms with van der Waals surface area (Å²) in [5.41, 5.74) is 11.9. The summed E-state index contributed by atoms with van der Waals surface area (Å²) in [5.74, 6) is 0. The van der Waals surface area contributed by atoms with Crippen LogP contribution in [-0.2, 0) is 12.8 Å². The van der Waals surface area contributed by atoms with Crippen LogP contribution in [0.25, 0.3) is 16.6 Å². The number of H-pyrrole nitrogens is 1. The van der Waals surface area contributed by atoms with Crippen molar-refractivity contribution in [3.8, 4) is 5.69 Å². The maximum Gasteiger partial charge on any atom is 0.123 e. The topological polar surface area (TPSA) is 79.0 Å². The monoisotopic (exact) mass is 429 g/mol. The Morgan fingerprint density at radius 3 is 2.38 bits per heavy atom. The first-order valence-corrected chi connectivity index (χ1v) is 11.5. The van der Waals surface area contributed by atoms with Gasteiger partial charge in [-0.1, -0.05) is 18.2 Å². The van der Waals surface area contributed by atoms with Gasteiger partial charge in [0.05, 0.1) is 0 Å². The number of aryl methyl sites for hydroxylation is 1. The number of fused-ring (bicyclic) bond motifs is 1. The minimum Gasteiger partial charge on any atom is -0.399 e. The lowest BCUT2D eigenvalue weighted by Crippen LogP contribution is -2.47. The number of benzene rings is 2. The third-order valence-electron chi connectivity index (χ3n) is 6.61. The Morgan fingerprint density at radius 2 is 1.59 bits per heavy atom. The van der Waals surface area contributed by atoms with Gasteiger partial charge in [-0.05, 0) is 61.2 Å². The van der Waals surface area contributed by atoms with Crippen molar-refractivity contribution in [2.24, 2.45) is 0 Å². The molecule has 0 bridgehead atoms. The molecule has 166 valence electrons. The molecule has 0 amide bonds. The first kappa shape index (κ1) is 20.7. The van der Waals surface area contributed by atoms with Crippen LogP contribution in [0.2, 0.25) is 0 Å². The number of rotatable bonds is 8. The zero-order valence-electron chi connectivity index (χ0n) is 18.5. The number of piperazine rings is 1. The van der Waals surface area contributed by atoms with Crippen LogP contribution in [0.1, 0.15) is 17.5 Å². The Morgan fingerprint density at radius 1 is 0.844 bits per heavy atom. The first-order valence-electron chi connectivity index (χ1n) is 11.5. The van der Waals surface area contributed by atoms with E-state index in [0.29, 0.717) is 0 Å². The highest BCUT2D eigenvalue weighted by Crippen LogP contribution is 2.23. The summed E-state index contributed by atoms with van der Waals surface area (Å²) in [6, 6.07) is 14.7. The molecule has 7 heteroatoms. The van der Waals surface area contributed by atoms with Crippen molar-refractivity contribution in [2.75, 3.05) is 45.0 Å². The molecular weight excluding hydrogens is 398 g/mol. The van der Waals surface area contributed by atoms with Crippen LogP contribution in [0.15, 0.2) is 61.3 Å². The highest BCUT2D eigenvalue weighted by Gasteiger charge is 2.17. The molecule has 3 N–H and O–H groups in total. The number of aromatic nitrogens is 4. The molecule has 32 heavy (non-hydrogen) atoms. The van der Waals surface area contributed by atoms with E-state index in [1.807, 2.05) is 16.7 Å². The maximum absolute atomic E-state index is 6.08. The number of hydrogen-bond acceptors (Lipinski definition) is 5. The quantitative estimate of drug-likeness (QED) is 0.421. The Bertz CT molecular complexity index is 1140. The van der Waals surface area contributed by atoms with E-state index >= 15 is 0 Å². The molecule has 0 spiro atoms. The fourth-order valence-corrected chi connectivity index (χ4v) is 4.64. The fraction of sp³-hybridized carbons (Fsp3) is 0.360. The van der Waals surface area contributed by atoms with Crippen molar-refractivity contribution in [1.29, 1.82) is 0 Å². The number of anilines is 1. The molecule has 1 fully saturated rings. The number of nitrogens with zero attached hydrogens (tertiary/aromatic N) is 5. The minimum atomic E-state index is 0.914. The van der Waals surface area contributed by atoms with Gasteiger partial charge in [-0.25, -0.2) is 0 Å². The SMILES string of the molecule is Nc1ccccc1CCN1CCN(CCCc2c[nH]c3ccc(-n4cnnc4)cc23)CC1. The van der Waals surface area contributed by atoms with E-state index in [1.165, 1.54) is 28.5 Å². The van der Waals surface area contributed by atoms with Crippen molar-refractivity contribution < 1.29 is 0 Å². The normalized spacial score (nSPS) is 15.5. The van der Waals surface area contributed by atoms with Gasteiger partial charge in [-0.15, -0.1) is 10.2 Å². The summed E-state index contributed by atoms with van der Waals surface area (Å²) in [6.45, 7) is 6.82. The summed E-state index contributed by atoms with van der Waals surface area (Å²) >= 11 is 0. The highest BCUT2D eigenvalue weighted by atomic mass is 15.3. The second-order valence-corrected chi connectivity index (χ2v) is 8.65. The number of hydrogen-bond donors (Lipinski definition) is 2. The van der Waals surface area contributed by atoms with E-state index in [9.17, 15) is 0 Å². The van der Waals surface area contributed by atoms with Crippen LogP contribution >= 0.6 is 0 Å². The molecule has 0 radical (unpaired) electrons. The van der Waals surface area contributed by atoms with Crippen molar-refractivity contribution in [3.05, 3.63) is 72.4 Å². The average Bonchev–Trinajstić information content (AvgIpc) is 3.50. The molecule has 5 rings (SSSR count). The number of nitrogens with two attached hydrogens (primary N) is 1. The zero-order chi connectivity index (χ0) is 21.8. The Balaban J connectivity index is 1.09. The second-order valence-electron chi connectivity index (χ2n) is 8.65. The third-order valence-corrected chi connectivity index (χ3v) is 6.61. The van der Waals surface area contributed by atoms with Crippen molar-refractivity contribution in [1.82, 2.24) is 29.5 Å². The summed E-state index contributed by atoms with van der Waals surface area (Å²) in [4.78, 5) is 8.58. The van der Waals surface area contributed by atoms with E-state index in [0.717, 1.165) is 63.5 Å². The predicted molar refractivity (Wildman–Crippen MR) is 129 cm³/mol. The van der Waals surface area contributed by atoms with Crippen molar-refractivity contribution in [2.45, 2.75) is 19.3 Å². The van der Waals surface area contributed by atoms with Crippen LogP contribution in [-0.4, -0.2) is 68.8 Å². The lowest BCUT2D eigenvalue weighted by atomic mass is 10.1. The van der Waals surface area contributed by atoms with Crippen LogP contribution < -0.4 is 5.73 Å². The van der Waals surface area contributed by atoms with Gasteiger partial charge in [0.1, 0.15) is 12.7 Å². The van der Waals surface area contributed by atoms with Gasteiger partial charge in [-0.2, -0.15) is 0 Å². The van der Waals surface area contributed by atoms with Crippen LogP contribution in [0.5, 0.6) is 0 Å². The Labute approximate surface area is 188 Å². The highest BCUT2D eigenvalue weighted by molar-refractivity contribution is 5.85. The van der Waals surface area contributed by atoms with E-state index < -0.39 is 0 Å². The molecule has 1 aliphatic rings. The summed E-state index contributed by atoms with van der Waals surface area (Å²) in [7, 11) is 0. The molecule has 1 aliphatic heterocycles. The van der Waals surface area contributed by atoms with E-state index in [1.54, 1.807) is 12.7 Å². The molecular formula is C25H31N7. The molecule has 0 aliphatic carbocycles. The number of aromatic amines is 1. The minimum absolute atomic E-state index is 0.914. The van der Waals surface area contributed by atoms with Crippen LogP contribution in [0, 0.1) is 0 Å². The van der Waals surface area contributed by atoms with Gasteiger partial charge < -0.3 is 20.5 Å². The van der Waals surface area contributed by atoms with Gasteiger partial charge in [0.25, 0.3) is 0 Å². The number of para-hydroxylation sites is 1. The van der Waals surface area contributed by atoms with Crippen LogP contribution in [0.3, 0.4) is 0 Å². The molecule has 4 aromatic rings. The molecule has 3 heterocycles. The number of nitrogens with one attached hydrogen (secondary N) is 1. The van der Waals surface area contributed by atoms with Crippen LogP contribution in [0.4, 0.5) is 5.69 Å². The van der Waals surface area contributed by atoms with Gasteiger partial charge in [0.15, 0.2) is 0 Å². The maximum atomic E-state index is 6.08. The summed E-state index contributed by atoms with van der Waals surface area (Å²) in [5, 5.41) is 9.13. The summed E-state index contributed by atoms with van der Waals surface area (Å²) < 4.78 is 1.95. The molecule has 0 saturated carbocycles. The lowest BCUT2D eigenvalue weighted by Gasteiger charge is -2.34. The summed E-state index contributed by atoms with van der Waals surface area (Å²) in [6.07, 6.45) is 8.92. The zero-order valence-corrected chi connectivity index (χ0v) is 18.5. The molecule has 1 saturated heterocycles. The lowest BCUT2D eigenvalue weighted by molar-refractivity contribution is 0.132. The fourth-order valence-electron chi connectivity index (χ4n) is 4.64. The Kier molecular flexibility index (Phi) is 6.18. The van der Waals surface area contributed by atoms with E-state index in [-0.39, 0.29) is 0 Å². The third kappa shape index (κ3) is 4.69. The second kappa shape index (κ2) is 9.54. The van der Waals surface area contributed by atoms with Gasteiger partial charge in [0, 0.05) is 61.2 Å². The van der Waals surface area contributed by atoms with E-state index in [2.05, 4.69) is 61.5 Å². The molecule has 0 unspecified atom stereocenters. The van der Waals surface area contributed by atoms with Gasteiger partial charge in [-0.3, -0.25) is 4.57 Å². The van der Waals surface area contributed by atoms with Crippen molar-refractivity contribution in [3.63, 3.8) is 0 Å². The van der Waals surface area contributed by atoms with Gasteiger partial charge >= 0.3 is 0 Å². The Hall–Kier alpha value is -3.16. The standard InChI is InChI=1S/C25H31N7/c26-24-6-2-1-4-20(24)9-11-31-14-12-30(13-15-31)10-3-5-21-17-27-25-8-7-22(16-23(21)25)32-18-28-29-19-32/h1-2,4,6-8,16-19,27H,3,5,9-15,26H2. The molecule has 0 atom stereocenters.